The number of aryl methyl sites for hydroxylation is 2. The summed E-state index contributed by atoms with van der Waals surface area (Å²) in [7, 11) is 0. The number of carbonyl (C=O) groups is 2. The van der Waals surface area contributed by atoms with Crippen molar-refractivity contribution in [3.05, 3.63) is 65.0 Å². The lowest BCUT2D eigenvalue weighted by Crippen LogP contribution is -2.32. The van der Waals surface area contributed by atoms with Crippen molar-refractivity contribution in [1.29, 1.82) is 0 Å². The molecular weight excluding hydrogens is 319 g/mol. The lowest BCUT2D eigenvalue weighted by atomic mass is 10.1. The highest BCUT2D eigenvalue weighted by Gasteiger charge is 2.34. The van der Waals surface area contributed by atoms with E-state index in [1.54, 1.807) is 24.0 Å². The highest BCUT2D eigenvalue weighted by Crippen LogP contribution is 2.25. The molecule has 1 aliphatic rings. The van der Waals surface area contributed by atoms with Gasteiger partial charge in [-0.2, -0.15) is 0 Å². The molecule has 1 heterocycles. The number of hydrogen-bond donors (Lipinski definition) is 1. The second-order valence-electron chi connectivity index (χ2n) is 6.54. The van der Waals surface area contributed by atoms with Gasteiger partial charge in [-0.05, 0) is 43.2 Å². The monoisotopic (exact) mass is 340 g/mol. The molecule has 0 radical (unpaired) electrons. The summed E-state index contributed by atoms with van der Waals surface area (Å²) in [5.41, 5.74) is 3.21. The predicted octanol–water partition coefficient (Wildman–Crippen LogP) is 3.11. The normalized spacial score (nSPS) is 17.0. The molecule has 0 bridgehead atoms. The van der Waals surface area contributed by atoms with Crippen LogP contribution in [0.15, 0.2) is 42.5 Å². The first kappa shape index (κ1) is 17.1. The smallest absolute Gasteiger partial charge is 0.227 e. The van der Waals surface area contributed by atoms with E-state index >= 15 is 0 Å². The number of anilines is 1. The predicted molar refractivity (Wildman–Crippen MR) is 94.6 cm³/mol. The van der Waals surface area contributed by atoms with Crippen LogP contribution in [0.25, 0.3) is 0 Å². The van der Waals surface area contributed by atoms with Gasteiger partial charge in [0.15, 0.2) is 0 Å². The molecule has 0 aliphatic carbocycles. The molecule has 1 unspecified atom stereocenters. The van der Waals surface area contributed by atoms with Crippen LogP contribution in [0.5, 0.6) is 0 Å². The Morgan fingerprint density at radius 1 is 1.20 bits per heavy atom. The van der Waals surface area contributed by atoms with Crippen molar-refractivity contribution < 1.29 is 14.0 Å². The minimum atomic E-state index is -0.385. The molecule has 0 spiro atoms. The molecule has 3 rings (SSSR count). The Balaban J connectivity index is 1.60. The Morgan fingerprint density at radius 3 is 2.60 bits per heavy atom. The first-order valence-electron chi connectivity index (χ1n) is 8.34. The van der Waals surface area contributed by atoms with Gasteiger partial charge in [0.1, 0.15) is 5.82 Å². The third-order valence-electron chi connectivity index (χ3n) is 4.54. The molecule has 2 amide bonds. The Morgan fingerprint density at radius 2 is 1.92 bits per heavy atom. The van der Waals surface area contributed by atoms with Crippen LogP contribution >= 0.6 is 0 Å². The number of nitrogens with one attached hydrogen (secondary N) is 1. The summed E-state index contributed by atoms with van der Waals surface area (Å²) in [5.74, 6) is -0.897. The molecule has 1 fully saturated rings. The minimum absolute atomic E-state index is 0.0506. The van der Waals surface area contributed by atoms with Crippen LogP contribution in [0.4, 0.5) is 10.1 Å². The van der Waals surface area contributed by atoms with Gasteiger partial charge in [-0.3, -0.25) is 9.59 Å². The molecule has 2 aromatic carbocycles. The van der Waals surface area contributed by atoms with E-state index in [-0.39, 0.29) is 36.5 Å². The maximum atomic E-state index is 13.6. The van der Waals surface area contributed by atoms with E-state index in [0.717, 1.165) is 11.3 Å². The number of amides is 2. The average molecular weight is 340 g/mol. The summed E-state index contributed by atoms with van der Waals surface area (Å²) in [5, 5.41) is 2.80. The van der Waals surface area contributed by atoms with Crippen molar-refractivity contribution in [2.45, 2.75) is 26.8 Å². The first-order valence-corrected chi connectivity index (χ1v) is 8.34. The Bertz CT molecular complexity index is 802. The third kappa shape index (κ3) is 3.87. The molecule has 5 heteroatoms. The molecule has 1 atom stereocenters. The fourth-order valence-electron chi connectivity index (χ4n) is 2.94. The second kappa shape index (κ2) is 7.05. The molecule has 130 valence electrons. The minimum Gasteiger partial charge on any atom is -0.352 e. The number of nitrogens with zero attached hydrogens (tertiary/aromatic N) is 1. The van der Waals surface area contributed by atoms with Gasteiger partial charge in [0.25, 0.3) is 0 Å². The fraction of sp³-hybridized carbons (Fsp3) is 0.300. The number of benzene rings is 2. The van der Waals surface area contributed by atoms with Crippen molar-refractivity contribution >= 4 is 17.5 Å². The van der Waals surface area contributed by atoms with Gasteiger partial charge < -0.3 is 10.2 Å². The lowest BCUT2D eigenvalue weighted by molar-refractivity contribution is -0.126. The topological polar surface area (TPSA) is 49.4 Å². The van der Waals surface area contributed by atoms with Crippen molar-refractivity contribution in [2.24, 2.45) is 5.92 Å². The molecular formula is C20H21FN2O2. The quantitative estimate of drug-likeness (QED) is 0.930. The van der Waals surface area contributed by atoms with Gasteiger partial charge in [-0.15, -0.1) is 0 Å². The van der Waals surface area contributed by atoms with Crippen molar-refractivity contribution in [1.82, 2.24) is 5.32 Å². The van der Waals surface area contributed by atoms with E-state index in [4.69, 9.17) is 0 Å². The molecule has 1 N–H and O–H groups in total. The lowest BCUT2D eigenvalue weighted by Gasteiger charge is -2.17. The zero-order chi connectivity index (χ0) is 18.0. The Hall–Kier alpha value is -2.69. The van der Waals surface area contributed by atoms with Crippen LogP contribution in [0.3, 0.4) is 0 Å². The van der Waals surface area contributed by atoms with Gasteiger partial charge in [0.05, 0.1) is 5.92 Å². The summed E-state index contributed by atoms with van der Waals surface area (Å²) < 4.78 is 13.6. The van der Waals surface area contributed by atoms with Crippen LogP contribution < -0.4 is 10.2 Å². The highest BCUT2D eigenvalue weighted by molar-refractivity contribution is 6.00. The summed E-state index contributed by atoms with van der Waals surface area (Å²) >= 11 is 0. The van der Waals surface area contributed by atoms with Gasteiger partial charge in [-0.25, -0.2) is 4.39 Å². The molecule has 1 saturated heterocycles. The summed E-state index contributed by atoms with van der Waals surface area (Å²) in [6, 6.07) is 12.6. The molecule has 0 saturated carbocycles. The zero-order valence-electron chi connectivity index (χ0n) is 14.4. The van der Waals surface area contributed by atoms with Crippen molar-refractivity contribution in [2.75, 3.05) is 11.4 Å². The Kier molecular flexibility index (Phi) is 4.83. The fourth-order valence-corrected chi connectivity index (χ4v) is 2.94. The number of rotatable bonds is 4. The van der Waals surface area contributed by atoms with E-state index in [1.165, 1.54) is 6.07 Å². The zero-order valence-corrected chi connectivity index (χ0v) is 14.4. The molecule has 0 aromatic heterocycles. The van der Waals surface area contributed by atoms with Crippen LogP contribution in [-0.2, 0) is 16.1 Å². The van der Waals surface area contributed by atoms with Crippen LogP contribution in [-0.4, -0.2) is 18.4 Å². The van der Waals surface area contributed by atoms with Crippen LogP contribution in [0.1, 0.15) is 23.1 Å². The summed E-state index contributed by atoms with van der Waals surface area (Å²) in [6.45, 7) is 4.31. The number of halogens is 1. The molecule has 1 aliphatic heterocycles. The first-order chi connectivity index (χ1) is 11.9. The molecule has 4 nitrogen and oxygen atoms in total. The van der Waals surface area contributed by atoms with Gasteiger partial charge in [-0.1, -0.05) is 29.8 Å². The van der Waals surface area contributed by atoms with Gasteiger partial charge in [0.2, 0.25) is 11.8 Å². The van der Waals surface area contributed by atoms with Crippen LogP contribution in [0.2, 0.25) is 0 Å². The van der Waals surface area contributed by atoms with E-state index in [2.05, 4.69) is 5.32 Å². The largest absolute Gasteiger partial charge is 0.352 e. The van der Waals surface area contributed by atoms with E-state index in [0.29, 0.717) is 17.7 Å². The highest BCUT2D eigenvalue weighted by atomic mass is 19.1. The van der Waals surface area contributed by atoms with Gasteiger partial charge >= 0.3 is 0 Å². The SMILES string of the molecule is Cc1ccc(N2CC(C(=O)NCc3ccc(C)c(F)c3)CC2=O)cc1. The summed E-state index contributed by atoms with van der Waals surface area (Å²) in [4.78, 5) is 26.2. The number of carbonyl (C=O) groups excluding carboxylic acids is 2. The maximum absolute atomic E-state index is 13.6. The maximum Gasteiger partial charge on any atom is 0.227 e. The third-order valence-corrected chi connectivity index (χ3v) is 4.54. The Labute approximate surface area is 146 Å². The van der Waals surface area contributed by atoms with E-state index < -0.39 is 0 Å². The number of hydrogen-bond acceptors (Lipinski definition) is 2. The standard InChI is InChI=1S/C20H21FN2O2/c1-13-3-7-17(8-4-13)23-12-16(10-19(23)24)20(25)22-11-15-6-5-14(2)18(21)9-15/h3-9,16H,10-12H2,1-2H3,(H,22,25). The molecule has 2 aromatic rings. The summed E-state index contributed by atoms with van der Waals surface area (Å²) in [6.07, 6.45) is 0.196. The van der Waals surface area contributed by atoms with Crippen molar-refractivity contribution in [3.8, 4) is 0 Å². The van der Waals surface area contributed by atoms with E-state index in [1.807, 2.05) is 31.2 Å². The molecule has 25 heavy (non-hydrogen) atoms. The van der Waals surface area contributed by atoms with E-state index in [9.17, 15) is 14.0 Å². The van der Waals surface area contributed by atoms with Gasteiger partial charge in [0, 0.05) is 25.2 Å². The van der Waals surface area contributed by atoms with Crippen LogP contribution in [0, 0.1) is 25.6 Å². The average Bonchev–Trinajstić information content (AvgIpc) is 2.98. The van der Waals surface area contributed by atoms with Crippen molar-refractivity contribution in [3.63, 3.8) is 0 Å². The second-order valence-corrected chi connectivity index (χ2v) is 6.54.